The number of rotatable bonds is 3. The van der Waals surface area contributed by atoms with Crippen LogP contribution in [0.15, 0.2) is 23.1 Å². The third-order valence-electron chi connectivity index (χ3n) is 2.82. The van der Waals surface area contributed by atoms with Gasteiger partial charge in [-0.05, 0) is 13.0 Å². The summed E-state index contributed by atoms with van der Waals surface area (Å²) in [7, 11) is -3.75. The summed E-state index contributed by atoms with van der Waals surface area (Å²) in [6.07, 6.45) is 0. The molecule has 1 aliphatic heterocycles. The lowest BCUT2D eigenvalue weighted by molar-refractivity contribution is -0.384. The van der Waals surface area contributed by atoms with E-state index in [-0.39, 0.29) is 41.1 Å². The summed E-state index contributed by atoms with van der Waals surface area (Å²) in [6.45, 7) is 2.14. The predicted molar refractivity (Wildman–Crippen MR) is 76.7 cm³/mol. The van der Waals surface area contributed by atoms with Crippen LogP contribution in [0.25, 0.3) is 0 Å². The highest BCUT2D eigenvalue weighted by Gasteiger charge is 2.43. The van der Waals surface area contributed by atoms with Gasteiger partial charge in [0.05, 0.1) is 9.95 Å². The van der Waals surface area contributed by atoms with Crippen LogP contribution in [0.3, 0.4) is 0 Å². The van der Waals surface area contributed by atoms with Gasteiger partial charge in [0.1, 0.15) is 4.90 Å². The van der Waals surface area contributed by atoms with E-state index < -0.39 is 20.5 Å². The minimum Gasteiger partial charge on any atom is -0.323 e. The van der Waals surface area contributed by atoms with Crippen molar-refractivity contribution in [3.8, 4) is 0 Å². The molecule has 0 unspecified atom stereocenters. The molecule has 1 heterocycles. The van der Waals surface area contributed by atoms with Gasteiger partial charge in [-0.25, -0.2) is 8.42 Å². The molecule has 0 aliphatic carbocycles. The highest BCUT2D eigenvalue weighted by molar-refractivity contribution is 7.89. The Morgan fingerprint density at radius 3 is 2.40 bits per heavy atom. The first kappa shape index (κ1) is 17.1. The Balaban J connectivity index is 0.00000200. The highest BCUT2D eigenvalue weighted by atomic mass is 35.5. The van der Waals surface area contributed by atoms with Crippen molar-refractivity contribution >= 4 is 39.7 Å². The number of nitrogens with two attached hydrogens (primary N) is 1. The van der Waals surface area contributed by atoms with Crippen LogP contribution < -0.4 is 5.73 Å². The number of hydrogen-bond donors (Lipinski definition) is 1. The zero-order chi connectivity index (χ0) is 14.4. The van der Waals surface area contributed by atoms with Gasteiger partial charge < -0.3 is 5.73 Å². The Labute approximate surface area is 127 Å². The fraction of sp³-hybridized carbons (Fsp3) is 0.400. The monoisotopic (exact) mass is 341 g/mol. The molecule has 0 atom stereocenters. The van der Waals surface area contributed by atoms with Crippen molar-refractivity contribution < 1.29 is 13.3 Å². The molecular formula is C10H13Cl2N3O4S. The number of hydrogen-bond acceptors (Lipinski definition) is 5. The van der Waals surface area contributed by atoms with Gasteiger partial charge in [-0.3, -0.25) is 10.1 Å². The SMILES string of the molecule is CC1(N)CN(S(=O)(=O)c2ccc([N+](=O)[O-])cc2Cl)C1.Cl. The Hall–Kier alpha value is -0.930. The first-order valence-corrected chi connectivity index (χ1v) is 7.18. The summed E-state index contributed by atoms with van der Waals surface area (Å²) in [6, 6.07) is 3.28. The lowest BCUT2D eigenvalue weighted by atomic mass is 9.97. The second kappa shape index (κ2) is 5.45. The van der Waals surface area contributed by atoms with E-state index in [2.05, 4.69) is 0 Å². The smallest absolute Gasteiger partial charge is 0.271 e. The lowest BCUT2D eigenvalue weighted by Gasteiger charge is -2.44. The van der Waals surface area contributed by atoms with Crippen molar-refractivity contribution in [1.82, 2.24) is 4.31 Å². The molecule has 0 saturated carbocycles. The van der Waals surface area contributed by atoms with E-state index in [0.29, 0.717) is 0 Å². The maximum atomic E-state index is 12.2. The number of halogens is 2. The molecule has 0 spiro atoms. The Bertz CT molecular complexity index is 640. The summed E-state index contributed by atoms with van der Waals surface area (Å²) >= 11 is 5.81. The quantitative estimate of drug-likeness (QED) is 0.660. The molecule has 1 aromatic rings. The average molecular weight is 342 g/mol. The van der Waals surface area contributed by atoms with Crippen LogP contribution in [-0.4, -0.2) is 36.3 Å². The number of sulfonamides is 1. The van der Waals surface area contributed by atoms with Crippen LogP contribution in [0.4, 0.5) is 5.69 Å². The van der Waals surface area contributed by atoms with Crippen molar-refractivity contribution in [3.63, 3.8) is 0 Å². The largest absolute Gasteiger partial charge is 0.323 e. The standard InChI is InChI=1S/C10H12ClN3O4S.ClH/c1-10(12)5-13(6-10)19(17,18)9-3-2-7(14(15)16)4-8(9)11;/h2-4H,5-6,12H2,1H3;1H. The van der Waals surface area contributed by atoms with Crippen LogP contribution in [0.1, 0.15) is 6.92 Å². The third-order valence-corrected chi connectivity index (χ3v) is 5.09. The fourth-order valence-corrected chi connectivity index (χ4v) is 4.10. The van der Waals surface area contributed by atoms with Crippen LogP contribution in [0.2, 0.25) is 5.02 Å². The van der Waals surface area contributed by atoms with E-state index in [4.69, 9.17) is 17.3 Å². The van der Waals surface area contributed by atoms with Gasteiger partial charge in [-0.15, -0.1) is 12.4 Å². The second-order valence-electron chi connectivity index (χ2n) is 4.80. The molecule has 10 heteroatoms. The minimum absolute atomic E-state index is 0. The van der Waals surface area contributed by atoms with Gasteiger partial charge in [0, 0.05) is 30.8 Å². The number of nitrogens with zero attached hydrogens (tertiary/aromatic N) is 2. The summed E-state index contributed by atoms with van der Waals surface area (Å²) in [5.41, 5.74) is 4.97. The molecule has 20 heavy (non-hydrogen) atoms. The number of benzene rings is 1. The third kappa shape index (κ3) is 3.04. The zero-order valence-corrected chi connectivity index (χ0v) is 12.8. The highest BCUT2D eigenvalue weighted by Crippen LogP contribution is 2.32. The molecule has 0 amide bonds. The number of nitro groups is 1. The van der Waals surface area contributed by atoms with Gasteiger partial charge in [-0.2, -0.15) is 4.31 Å². The molecule has 2 N–H and O–H groups in total. The number of non-ortho nitro benzene ring substituents is 1. The molecule has 7 nitrogen and oxygen atoms in total. The summed E-state index contributed by atoms with van der Waals surface area (Å²) < 4.78 is 25.6. The van der Waals surface area contributed by atoms with Gasteiger partial charge in [0.25, 0.3) is 5.69 Å². The minimum atomic E-state index is -3.75. The first-order valence-electron chi connectivity index (χ1n) is 5.36. The van der Waals surface area contributed by atoms with Gasteiger partial charge in [0.2, 0.25) is 10.0 Å². The molecule has 1 aliphatic rings. The summed E-state index contributed by atoms with van der Waals surface area (Å²) in [5, 5.41) is 10.4. The van der Waals surface area contributed by atoms with E-state index in [9.17, 15) is 18.5 Å². The van der Waals surface area contributed by atoms with E-state index in [1.54, 1.807) is 6.92 Å². The molecule has 0 radical (unpaired) electrons. The van der Waals surface area contributed by atoms with Crippen LogP contribution in [-0.2, 0) is 10.0 Å². The maximum absolute atomic E-state index is 12.2. The Morgan fingerprint density at radius 2 is 2.00 bits per heavy atom. The normalized spacial score (nSPS) is 17.9. The number of nitro benzene ring substituents is 1. The van der Waals surface area contributed by atoms with Crippen LogP contribution in [0.5, 0.6) is 0 Å². The molecule has 0 aromatic heterocycles. The van der Waals surface area contributed by atoms with Crippen LogP contribution >= 0.6 is 24.0 Å². The summed E-state index contributed by atoms with van der Waals surface area (Å²) in [5.74, 6) is 0. The molecule has 1 fully saturated rings. The average Bonchev–Trinajstić information content (AvgIpc) is 2.25. The van der Waals surface area contributed by atoms with Crippen molar-refractivity contribution in [2.45, 2.75) is 17.4 Å². The topological polar surface area (TPSA) is 107 Å². The maximum Gasteiger partial charge on any atom is 0.271 e. The predicted octanol–water partition coefficient (Wildman–Crippen LogP) is 1.39. The lowest BCUT2D eigenvalue weighted by Crippen LogP contribution is -2.66. The van der Waals surface area contributed by atoms with Crippen molar-refractivity contribution in [1.29, 1.82) is 0 Å². The molecular weight excluding hydrogens is 329 g/mol. The molecule has 0 bridgehead atoms. The van der Waals surface area contributed by atoms with Crippen molar-refractivity contribution in [3.05, 3.63) is 33.3 Å². The molecule has 2 rings (SSSR count). The Morgan fingerprint density at radius 1 is 1.45 bits per heavy atom. The molecule has 112 valence electrons. The van der Waals surface area contributed by atoms with Gasteiger partial charge >= 0.3 is 0 Å². The van der Waals surface area contributed by atoms with Crippen molar-refractivity contribution in [2.24, 2.45) is 5.73 Å². The van der Waals surface area contributed by atoms with Gasteiger partial charge in [0.15, 0.2) is 0 Å². The molecule has 1 saturated heterocycles. The van der Waals surface area contributed by atoms with Gasteiger partial charge in [-0.1, -0.05) is 11.6 Å². The van der Waals surface area contributed by atoms with E-state index in [1.165, 1.54) is 4.31 Å². The zero-order valence-electron chi connectivity index (χ0n) is 10.4. The molecule has 1 aromatic carbocycles. The van der Waals surface area contributed by atoms with E-state index in [0.717, 1.165) is 18.2 Å². The summed E-state index contributed by atoms with van der Waals surface area (Å²) in [4.78, 5) is 9.79. The Kier molecular flexibility index (Phi) is 4.67. The van der Waals surface area contributed by atoms with E-state index >= 15 is 0 Å². The van der Waals surface area contributed by atoms with Crippen molar-refractivity contribution in [2.75, 3.05) is 13.1 Å². The van der Waals surface area contributed by atoms with Crippen LogP contribution in [0, 0.1) is 10.1 Å². The van der Waals surface area contributed by atoms with E-state index in [1.807, 2.05) is 0 Å². The fourth-order valence-electron chi connectivity index (χ4n) is 1.88. The first-order chi connectivity index (χ1) is 8.63. The second-order valence-corrected chi connectivity index (χ2v) is 7.11.